The van der Waals surface area contributed by atoms with Crippen LogP contribution in [-0.4, -0.2) is 79.0 Å². The first-order valence-electron chi connectivity index (χ1n) is 13.7. The number of piperazine rings is 1. The van der Waals surface area contributed by atoms with E-state index in [0.29, 0.717) is 13.1 Å². The second-order valence-electron chi connectivity index (χ2n) is 10.8. The van der Waals surface area contributed by atoms with Crippen LogP contribution in [0.3, 0.4) is 0 Å². The summed E-state index contributed by atoms with van der Waals surface area (Å²) >= 11 is 0. The Morgan fingerprint density at radius 1 is 0.838 bits per heavy atom. The molecule has 2 fully saturated rings. The van der Waals surface area contributed by atoms with Gasteiger partial charge in [-0.15, -0.1) is 0 Å². The smallest absolute Gasteiger partial charge is 0.309 e. The van der Waals surface area contributed by atoms with Crippen LogP contribution in [0.5, 0.6) is 0 Å². The van der Waals surface area contributed by atoms with Crippen LogP contribution in [0.15, 0.2) is 48.8 Å². The highest BCUT2D eigenvalue weighted by molar-refractivity contribution is 6.35. The molecule has 37 heavy (non-hydrogen) atoms. The summed E-state index contributed by atoms with van der Waals surface area (Å²) in [6.45, 7) is 13.6. The van der Waals surface area contributed by atoms with Gasteiger partial charge >= 0.3 is 11.8 Å². The summed E-state index contributed by atoms with van der Waals surface area (Å²) in [4.78, 5) is 35.8. The first kappa shape index (κ1) is 27.1. The minimum absolute atomic E-state index is 0.353. The van der Waals surface area contributed by atoms with E-state index in [2.05, 4.69) is 56.3 Å². The third-order valence-corrected chi connectivity index (χ3v) is 7.37. The Balaban J connectivity index is 1.08. The number of carbonyl (C=O) groups excluding carboxylic acids is 2. The molecule has 2 aliphatic heterocycles. The second-order valence-corrected chi connectivity index (χ2v) is 10.8. The second kappa shape index (κ2) is 13.5. The van der Waals surface area contributed by atoms with Crippen molar-refractivity contribution < 1.29 is 9.59 Å². The molecule has 8 heteroatoms. The topological polar surface area (TPSA) is 80.8 Å². The number of nitrogens with one attached hydrogen (secondary N) is 2. The average Bonchev–Trinajstić information content (AvgIpc) is 2.90. The van der Waals surface area contributed by atoms with Crippen molar-refractivity contribution in [3.63, 3.8) is 0 Å². The van der Waals surface area contributed by atoms with Crippen LogP contribution in [0.4, 0.5) is 5.69 Å². The predicted molar refractivity (Wildman–Crippen MR) is 147 cm³/mol. The number of hydrogen-bond acceptors (Lipinski definition) is 6. The van der Waals surface area contributed by atoms with Gasteiger partial charge in [0, 0.05) is 77.0 Å². The number of hydrogen-bond donors (Lipinski definition) is 2. The fourth-order valence-corrected chi connectivity index (χ4v) is 5.57. The number of pyridine rings is 1. The molecule has 0 spiro atoms. The Morgan fingerprint density at radius 3 is 2.14 bits per heavy atom. The van der Waals surface area contributed by atoms with Gasteiger partial charge < -0.3 is 15.5 Å². The van der Waals surface area contributed by atoms with Gasteiger partial charge in [0.25, 0.3) is 0 Å². The van der Waals surface area contributed by atoms with Gasteiger partial charge in [-0.2, -0.15) is 0 Å². The van der Waals surface area contributed by atoms with Crippen LogP contribution in [0.25, 0.3) is 0 Å². The summed E-state index contributed by atoms with van der Waals surface area (Å²) in [6, 6.07) is 12.4. The molecule has 2 saturated heterocycles. The number of amides is 2. The lowest BCUT2D eigenvalue weighted by atomic mass is 9.91. The number of aromatic nitrogens is 1. The molecule has 0 bridgehead atoms. The predicted octanol–water partition coefficient (Wildman–Crippen LogP) is 2.50. The maximum atomic E-state index is 12.2. The van der Waals surface area contributed by atoms with E-state index in [-0.39, 0.29) is 0 Å². The zero-order chi connectivity index (χ0) is 26.0. The summed E-state index contributed by atoms with van der Waals surface area (Å²) in [7, 11) is 0. The zero-order valence-electron chi connectivity index (χ0n) is 22.4. The first-order valence-corrected chi connectivity index (χ1v) is 13.7. The molecule has 200 valence electrons. The molecule has 0 saturated carbocycles. The molecular formula is C29H42N6O2. The molecule has 2 atom stereocenters. The minimum Gasteiger partial charge on any atom is -0.369 e. The van der Waals surface area contributed by atoms with Gasteiger partial charge in [-0.05, 0) is 54.5 Å². The van der Waals surface area contributed by atoms with E-state index in [1.165, 1.54) is 17.7 Å². The summed E-state index contributed by atoms with van der Waals surface area (Å²) in [5, 5.41) is 5.49. The Bertz CT molecular complexity index is 981. The number of benzene rings is 1. The van der Waals surface area contributed by atoms with Crippen molar-refractivity contribution in [1.29, 1.82) is 0 Å². The Kier molecular flexibility index (Phi) is 9.91. The third-order valence-electron chi connectivity index (χ3n) is 7.37. The molecule has 0 aliphatic carbocycles. The normalized spacial score (nSPS) is 21.0. The van der Waals surface area contributed by atoms with E-state index in [0.717, 1.165) is 76.2 Å². The number of likely N-dealkylation sites (tertiary alicyclic amines) is 1. The van der Waals surface area contributed by atoms with Crippen molar-refractivity contribution >= 4 is 17.5 Å². The number of rotatable bonds is 9. The van der Waals surface area contributed by atoms with E-state index in [9.17, 15) is 9.59 Å². The van der Waals surface area contributed by atoms with E-state index >= 15 is 0 Å². The van der Waals surface area contributed by atoms with E-state index < -0.39 is 11.8 Å². The largest absolute Gasteiger partial charge is 0.369 e. The van der Waals surface area contributed by atoms with Gasteiger partial charge in [0.05, 0.1) is 0 Å². The number of piperidine rings is 1. The standard InChI is InChI=1S/C29H42N6O2/c1-23-18-24(2)21-34(20-23)22-26-6-4-25(5-7-26)19-32-29(37)28(36)31-10-3-13-33-14-16-35(17-15-33)27-8-11-30-12-9-27/h4-9,11-12,23-24H,3,10,13-22H2,1-2H3,(H,31,36)(H,32,37). The molecule has 1 aromatic heterocycles. The molecule has 3 heterocycles. The quantitative estimate of drug-likeness (QED) is 0.402. The van der Waals surface area contributed by atoms with Gasteiger partial charge in [0.15, 0.2) is 0 Å². The van der Waals surface area contributed by atoms with Gasteiger partial charge in [-0.1, -0.05) is 38.1 Å². The molecule has 2 aliphatic rings. The molecular weight excluding hydrogens is 464 g/mol. The summed E-state index contributed by atoms with van der Waals surface area (Å²) in [5.41, 5.74) is 3.50. The lowest BCUT2D eigenvalue weighted by Crippen LogP contribution is -2.47. The Hall–Kier alpha value is -2.97. The van der Waals surface area contributed by atoms with Crippen LogP contribution in [0.2, 0.25) is 0 Å². The molecule has 1 aromatic carbocycles. The first-order chi connectivity index (χ1) is 18.0. The van der Waals surface area contributed by atoms with Crippen molar-refractivity contribution in [2.45, 2.75) is 39.8 Å². The lowest BCUT2D eigenvalue weighted by molar-refractivity contribution is -0.139. The van der Waals surface area contributed by atoms with Crippen LogP contribution in [-0.2, 0) is 22.7 Å². The molecule has 8 nitrogen and oxygen atoms in total. The Morgan fingerprint density at radius 2 is 1.46 bits per heavy atom. The average molecular weight is 507 g/mol. The van der Waals surface area contributed by atoms with Crippen LogP contribution in [0, 0.1) is 11.8 Å². The van der Waals surface area contributed by atoms with Gasteiger partial charge in [0.2, 0.25) is 0 Å². The maximum absolute atomic E-state index is 12.2. The highest BCUT2D eigenvalue weighted by Crippen LogP contribution is 2.22. The highest BCUT2D eigenvalue weighted by atomic mass is 16.2. The van der Waals surface area contributed by atoms with E-state index in [1.54, 1.807) is 0 Å². The molecule has 2 amide bonds. The van der Waals surface area contributed by atoms with Crippen molar-refractivity contribution in [3.05, 3.63) is 59.9 Å². The van der Waals surface area contributed by atoms with Crippen molar-refractivity contribution in [1.82, 2.24) is 25.4 Å². The van der Waals surface area contributed by atoms with Crippen molar-refractivity contribution in [2.24, 2.45) is 11.8 Å². The lowest BCUT2D eigenvalue weighted by Gasteiger charge is -2.36. The van der Waals surface area contributed by atoms with Gasteiger partial charge in [-0.25, -0.2) is 0 Å². The van der Waals surface area contributed by atoms with Crippen molar-refractivity contribution in [2.75, 3.05) is 57.3 Å². The number of nitrogens with zero attached hydrogens (tertiary/aromatic N) is 4. The third kappa shape index (κ3) is 8.54. The fraction of sp³-hybridized carbons (Fsp3) is 0.552. The number of carbonyl (C=O) groups is 2. The SMILES string of the molecule is CC1CC(C)CN(Cc2ccc(CNC(=O)C(=O)NCCCN3CCN(c4ccncc4)CC3)cc2)C1. The minimum atomic E-state index is -0.577. The molecule has 4 rings (SSSR count). The molecule has 0 radical (unpaired) electrons. The van der Waals surface area contributed by atoms with Crippen LogP contribution in [0.1, 0.15) is 37.8 Å². The summed E-state index contributed by atoms with van der Waals surface area (Å²) < 4.78 is 0. The van der Waals surface area contributed by atoms with Gasteiger partial charge in [0.1, 0.15) is 0 Å². The van der Waals surface area contributed by atoms with Gasteiger partial charge in [-0.3, -0.25) is 24.4 Å². The fourth-order valence-electron chi connectivity index (χ4n) is 5.57. The molecule has 2 aromatic rings. The zero-order valence-corrected chi connectivity index (χ0v) is 22.4. The van der Waals surface area contributed by atoms with Crippen LogP contribution >= 0.6 is 0 Å². The maximum Gasteiger partial charge on any atom is 0.309 e. The summed E-state index contributed by atoms with van der Waals surface area (Å²) in [6.07, 6.45) is 5.79. The summed E-state index contributed by atoms with van der Waals surface area (Å²) in [5.74, 6) is 0.357. The van der Waals surface area contributed by atoms with Crippen molar-refractivity contribution in [3.8, 4) is 0 Å². The highest BCUT2D eigenvalue weighted by Gasteiger charge is 2.22. The molecule has 2 N–H and O–H groups in total. The van der Waals surface area contributed by atoms with Crippen LogP contribution < -0.4 is 15.5 Å². The monoisotopic (exact) mass is 506 g/mol. The number of anilines is 1. The van der Waals surface area contributed by atoms with E-state index in [1.807, 2.05) is 36.7 Å². The van der Waals surface area contributed by atoms with E-state index in [4.69, 9.17) is 0 Å². The Labute approximate surface area is 221 Å². The molecule has 2 unspecified atom stereocenters.